The second kappa shape index (κ2) is 6.29. The van der Waals surface area contributed by atoms with Gasteiger partial charge in [0, 0.05) is 18.3 Å². The van der Waals surface area contributed by atoms with Crippen molar-refractivity contribution in [3.8, 4) is 6.07 Å². The van der Waals surface area contributed by atoms with Gasteiger partial charge in [0.25, 0.3) is 0 Å². The fourth-order valence-electron chi connectivity index (χ4n) is 2.75. The van der Waals surface area contributed by atoms with Gasteiger partial charge in [0.05, 0.1) is 5.56 Å². The summed E-state index contributed by atoms with van der Waals surface area (Å²) < 4.78 is 27.2. The van der Waals surface area contributed by atoms with E-state index in [1.54, 1.807) is 6.08 Å². The molecule has 1 aromatic carbocycles. The molecule has 1 aliphatic carbocycles. The predicted octanol–water partition coefficient (Wildman–Crippen LogP) is 2.26. The summed E-state index contributed by atoms with van der Waals surface area (Å²) >= 11 is 0. The van der Waals surface area contributed by atoms with Crippen LogP contribution in [0.4, 0.5) is 5.69 Å². The topological polar surface area (TPSA) is 87.2 Å². The van der Waals surface area contributed by atoms with E-state index in [9.17, 15) is 13.7 Å². The van der Waals surface area contributed by atoms with E-state index in [0.717, 1.165) is 25.7 Å². The van der Waals surface area contributed by atoms with Crippen LogP contribution in [0, 0.1) is 11.3 Å². The molecule has 2 N–H and O–H groups in total. The average Bonchev–Trinajstić information content (AvgIpc) is 2.97. The van der Waals surface area contributed by atoms with Crippen LogP contribution in [0.5, 0.6) is 0 Å². The maximum absolute atomic E-state index is 12.9. The number of hydrogen-bond donors (Lipinski definition) is 1. The molecule has 0 amide bonds. The van der Waals surface area contributed by atoms with Crippen LogP contribution in [0.1, 0.15) is 31.2 Å². The molecule has 6 heteroatoms. The average molecular weight is 305 g/mol. The molecule has 0 radical (unpaired) electrons. The highest BCUT2D eigenvalue weighted by atomic mass is 32.2. The molecule has 21 heavy (non-hydrogen) atoms. The Bertz CT molecular complexity index is 671. The third kappa shape index (κ3) is 3.09. The normalized spacial score (nSPS) is 16.0. The molecule has 2 rings (SSSR count). The smallest absolute Gasteiger partial charge is 0.244 e. The lowest BCUT2D eigenvalue weighted by Crippen LogP contribution is -2.39. The standard InChI is InChI=1S/C15H19N3O2S/c1-2-9-18(14-5-3-4-6-14)21(19,20)15-8-7-13(17)10-12(15)11-16/h2,7-8,10,14H,1,3-6,9,17H2. The van der Waals surface area contributed by atoms with Crippen LogP contribution in [0.2, 0.25) is 0 Å². The molecule has 1 aliphatic rings. The number of nitrogen functional groups attached to an aromatic ring is 1. The highest BCUT2D eigenvalue weighted by Gasteiger charge is 2.33. The van der Waals surface area contributed by atoms with E-state index in [2.05, 4.69) is 6.58 Å². The summed E-state index contributed by atoms with van der Waals surface area (Å²) in [5, 5.41) is 9.17. The molecular weight excluding hydrogens is 286 g/mol. The van der Waals surface area contributed by atoms with Gasteiger partial charge in [-0.05, 0) is 31.0 Å². The van der Waals surface area contributed by atoms with Crippen molar-refractivity contribution in [3.63, 3.8) is 0 Å². The van der Waals surface area contributed by atoms with Gasteiger partial charge in [-0.2, -0.15) is 9.57 Å². The molecule has 0 heterocycles. The summed E-state index contributed by atoms with van der Waals surface area (Å²) in [5.74, 6) is 0. The van der Waals surface area contributed by atoms with Crippen molar-refractivity contribution >= 4 is 15.7 Å². The van der Waals surface area contributed by atoms with Gasteiger partial charge in [-0.3, -0.25) is 0 Å². The molecule has 1 aromatic rings. The van der Waals surface area contributed by atoms with Crippen molar-refractivity contribution in [3.05, 3.63) is 36.4 Å². The molecule has 0 aromatic heterocycles. The minimum Gasteiger partial charge on any atom is -0.399 e. The Kier molecular flexibility index (Phi) is 4.66. The number of hydrogen-bond acceptors (Lipinski definition) is 4. The van der Waals surface area contributed by atoms with Crippen LogP contribution >= 0.6 is 0 Å². The maximum atomic E-state index is 12.9. The summed E-state index contributed by atoms with van der Waals surface area (Å²) in [6.45, 7) is 3.90. The fourth-order valence-corrected chi connectivity index (χ4v) is 4.53. The second-order valence-corrected chi connectivity index (χ2v) is 7.03. The van der Waals surface area contributed by atoms with Crippen LogP contribution in [-0.2, 0) is 10.0 Å². The number of rotatable bonds is 5. The van der Waals surface area contributed by atoms with Crippen LogP contribution < -0.4 is 5.73 Å². The van der Waals surface area contributed by atoms with Gasteiger partial charge in [-0.15, -0.1) is 6.58 Å². The van der Waals surface area contributed by atoms with Crippen molar-refractivity contribution in [2.24, 2.45) is 0 Å². The highest BCUT2D eigenvalue weighted by molar-refractivity contribution is 7.89. The first-order valence-electron chi connectivity index (χ1n) is 6.93. The summed E-state index contributed by atoms with van der Waals surface area (Å²) in [7, 11) is -3.72. The van der Waals surface area contributed by atoms with E-state index < -0.39 is 10.0 Å². The number of sulfonamides is 1. The lowest BCUT2D eigenvalue weighted by atomic mass is 10.2. The zero-order chi connectivity index (χ0) is 15.5. The van der Waals surface area contributed by atoms with Gasteiger partial charge in [-0.25, -0.2) is 8.42 Å². The fraction of sp³-hybridized carbons (Fsp3) is 0.400. The zero-order valence-electron chi connectivity index (χ0n) is 11.8. The van der Waals surface area contributed by atoms with Crippen molar-refractivity contribution in [2.75, 3.05) is 12.3 Å². The third-order valence-corrected chi connectivity index (χ3v) is 5.73. The Morgan fingerprint density at radius 1 is 1.43 bits per heavy atom. The number of nitrogens with zero attached hydrogens (tertiary/aromatic N) is 2. The minimum atomic E-state index is -3.72. The molecule has 0 unspecified atom stereocenters. The Morgan fingerprint density at radius 2 is 2.10 bits per heavy atom. The molecule has 0 atom stereocenters. The minimum absolute atomic E-state index is 0.0166. The lowest BCUT2D eigenvalue weighted by Gasteiger charge is -2.27. The number of nitriles is 1. The van der Waals surface area contributed by atoms with Gasteiger partial charge in [0.1, 0.15) is 11.0 Å². The molecule has 1 fully saturated rings. The largest absolute Gasteiger partial charge is 0.399 e. The van der Waals surface area contributed by atoms with E-state index in [-0.39, 0.29) is 23.0 Å². The molecular formula is C15H19N3O2S. The van der Waals surface area contributed by atoms with Crippen LogP contribution in [0.3, 0.4) is 0 Å². The van der Waals surface area contributed by atoms with E-state index in [4.69, 9.17) is 5.73 Å². The second-order valence-electron chi connectivity index (χ2n) is 5.17. The van der Waals surface area contributed by atoms with Gasteiger partial charge in [-0.1, -0.05) is 18.9 Å². The summed E-state index contributed by atoms with van der Waals surface area (Å²) in [6, 6.07) is 6.22. The van der Waals surface area contributed by atoms with Crippen molar-refractivity contribution in [2.45, 2.75) is 36.6 Å². The van der Waals surface area contributed by atoms with Gasteiger partial charge in [0.2, 0.25) is 10.0 Å². The molecule has 112 valence electrons. The molecule has 1 saturated carbocycles. The van der Waals surface area contributed by atoms with Gasteiger partial charge < -0.3 is 5.73 Å². The Morgan fingerprint density at radius 3 is 2.67 bits per heavy atom. The van der Waals surface area contributed by atoms with Gasteiger partial charge in [0.15, 0.2) is 0 Å². The number of benzene rings is 1. The third-order valence-electron chi connectivity index (χ3n) is 3.75. The number of nitrogens with two attached hydrogens (primary N) is 1. The Hall–Kier alpha value is -1.84. The maximum Gasteiger partial charge on any atom is 0.244 e. The van der Waals surface area contributed by atoms with E-state index in [1.165, 1.54) is 22.5 Å². The Labute approximate surface area is 125 Å². The Balaban J connectivity index is 2.48. The highest BCUT2D eigenvalue weighted by Crippen LogP contribution is 2.30. The summed E-state index contributed by atoms with van der Waals surface area (Å²) in [4.78, 5) is 0.0213. The molecule has 0 bridgehead atoms. The zero-order valence-corrected chi connectivity index (χ0v) is 12.6. The van der Waals surface area contributed by atoms with Crippen LogP contribution in [0.25, 0.3) is 0 Å². The first-order valence-corrected chi connectivity index (χ1v) is 8.37. The van der Waals surface area contributed by atoms with Crippen LogP contribution in [0.15, 0.2) is 35.7 Å². The number of anilines is 1. The predicted molar refractivity (Wildman–Crippen MR) is 81.9 cm³/mol. The van der Waals surface area contributed by atoms with Gasteiger partial charge >= 0.3 is 0 Å². The lowest BCUT2D eigenvalue weighted by molar-refractivity contribution is 0.347. The van der Waals surface area contributed by atoms with Crippen LogP contribution in [-0.4, -0.2) is 25.3 Å². The quantitative estimate of drug-likeness (QED) is 0.667. The molecule has 5 nitrogen and oxygen atoms in total. The SMILES string of the molecule is C=CCN(C1CCCC1)S(=O)(=O)c1ccc(N)cc1C#N. The van der Waals surface area contributed by atoms with Crippen molar-refractivity contribution in [1.82, 2.24) is 4.31 Å². The van der Waals surface area contributed by atoms with Crippen molar-refractivity contribution in [1.29, 1.82) is 5.26 Å². The van der Waals surface area contributed by atoms with Crippen molar-refractivity contribution < 1.29 is 8.42 Å². The first kappa shape index (κ1) is 15.5. The summed E-state index contributed by atoms with van der Waals surface area (Å²) in [6.07, 6.45) is 5.34. The molecule has 0 saturated heterocycles. The summed E-state index contributed by atoms with van der Waals surface area (Å²) in [5.41, 5.74) is 6.09. The van der Waals surface area contributed by atoms with E-state index in [1.807, 2.05) is 6.07 Å². The monoisotopic (exact) mass is 305 g/mol. The van der Waals surface area contributed by atoms with E-state index >= 15 is 0 Å². The van der Waals surface area contributed by atoms with E-state index in [0.29, 0.717) is 5.69 Å². The first-order chi connectivity index (χ1) is 10.0. The molecule has 0 aliphatic heterocycles. The molecule has 0 spiro atoms.